The van der Waals surface area contributed by atoms with Crippen molar-refractivity contribution in [1.82, 2.24) is 0 Å². The van der Waals surface area contributed by atoms with Crippen LogP contribution in [0.15, 0.2) is 48.5 Å². The van der Waals surface area contributed by atoms with Crippen LogP contribution in [0.3, 0.4) is 0 Å². The van der Waals surface area contributed by atoms with E-state index in [-0.39, 0.29) is 24.1 Å². The number of hydrogen-bond acceptors (Lipinski definition) is 6. The van der Waals surface area contributed by atoms with Gasteiger partial charge in [0.05, 0.1) is 12.2 Å². The Bertz CT molecular complexity index is 1060. The van der Waals surface area contributed by atoms with Crippen molar-refractivity contribution in [1.29, 1.82) is 0 Å². The molecule has 0 spiro atoms. The Balaban J connectivity index is 2.14. The first-order chi connectivity index (χ1) is 18.3. The summed E-state index contributed by atoms with van der Waals surface area (Å²) in [4.78, 5) is 26.0. The molecular formula is C32H42O6. The molecule has 3 aromatic rings. The average Bonchev–Trinajstić information content (AvgIpc) is 2.88. The first-order valence-electron chi connectivity index (χ1n) is 13.9. The third-order valence-corrected chi connectivity index (χ3v) is 6.22. The normalized spacial score (nSPS) is 13.1. The molecule has 0 fully saturated rings. The van der Waals surface area contributed by atoms with E-state index in [9.17, 15) is 9.59 Å². The zero-order valence-corrected chi connectivity index (χ0v) is 23.6. The van der Waals surface area contributed by atoms with Crippen molar-refractivity contribution >= 4 is 33.5 Å². The predicted molar refractivity (Wildman–Crippen MR) is 152 cm³/mol. The Morgan fingerprint density at radius 1 is 0.605 bits per heavy atom. The molecule has 0 aliphatic heterocycles. The Hall–Kier alpha value is -3.28. The van der Waals surface area contributed by atoms with E-state index in [0.717, 1.165) is 47.2 Å². The van der Waals surface area contributed by atoms with Gasteiger partial charge in [-0.15, -0.1) is 0 Å². The highest BCUT2D eigenvalue weighted by Gasteiger charge is 2.28. The maximum atomic E-state index is 13.0. The van der Waals surface area contributed by atoms with Gasteiger partial charge in [0, 0.05) is 21.5 Å². The zero-order valence-electron chi connectivity index (χ0n) is 23.6. The number of hydrogen-bond donors (Lipinski definition) is 0. The first-order valence-corrected chi connectivity index (χ1v) is 13.9. The Morgan fingerprint density at radius 3 is 1.18 bits per heavy atom. The number of benzene rings is 3. The molecule has 0 aliphatic rings. The molecule has 6 heteroatoms. The number of carbonyl (C=O) groups is 2. The summed E-state index contributed by atoms with van der Waals surface area (Å²) in [6, 6.07) is 15.6. The zero-order chi connectivity index (χ0) is 27.7. The molecular weight excluding hydrogens is 480 g/mol. The number of rotatable bonds is 14. The van der Waals surface area contributed by atoms with E-state index >= 15 is 0 Å². The second-order valence-electron chi connectivity index (χ2n) is 10.2. The number of unbranched alkanes of at least 4 members (excludes halogenated alkanes) is 2. The SMILES string of the molecule is CCCCC(Oc1c2ccccc2c(OC(CCCC)C(=O)OC(C)C)c2ccccc12)C(=O)OC(C)C. The fourth-order valence-corrected chi connectivity index (χ4v) is 4.43. The van der Waals surface area contributed by atoms with Gasteiger partial charge in [-0.05, 0) is 53.4 Å². The van der Waals surface area contributed by atoms with Gasteiger partial charge in [0.1, 0.15) is 11.5 Å². The smallest absolute Gasteiger partial charge is 0.347 e. The monoisotopic (exact) mass is 522 g/mol. The van der Waals surface area contributed by atoms with Gasteiger partial charge in [0.2, 0.25) is 0 Å². The van der Waals surface area contributed by atoms with E-state index in [1.807, 2.05) is 76.2 Å². The third kappa shape index (κ3) is 7.40. The lowest BCUT2D eigenvalue weighted by molar-refractivity contribution is -0.157. The molecule has 38 heavy (non-hydrogen) atoms. The molecule has 0 bridgehead atoms. The van der Waals surface area contributed by atoms with Gasteiger partial charge in [-0.3, -0.25) is 0 Å². The lowest BCUT2D eigenvalue weighted by atomic mass is 10.00. The minimum Gasteiger partial charge on any atom is -0.477 e. The highest BCUT2D eigenvalue weighted by atomic mass is 16.6. The maximum absolute atomic E-state index is 13.0. The summed E-state index contributed by atoms with van der Waals surface area (Å²) >= 11 is 0. The summed E-state index contributed by atoms with van der Waals surface area (Å²) in [7, 11) is 0. The topological polar surface area (TPSA) is 71.1 Å². The molecule has 0 radical (unpaired) electrons. The Morgan fingerprint density at radius 2 is 0.921 bits per heavy atom. The highest BCUT2D eigenvalue weighted by molar-refractivity contribution is 6.11. The summed E-state index contributed by atoms with van der Waals surface area (Å²) in [5.74, 6) is 0.497. The second kappa shape index (κ2) is 14.0. The number of fused-ring (bicyclic) bond motifs is 2. The maximum Gasteiger partial charge on any atom is 0.347 e. The van der Waals surface area contributed by atoms with Gasteiger partial charge in [0.25, 0.3) is 0 Å². The molecule has 0 amide bonds. The van der Waals surface area contributed by atoms with Crippen molar-refractivity contribution in [3.63, 3.8) is 0 Å². The lowest BCUT2D eigenvalue weighted by Crippen LogP contribution is -2.32. The molecule has 0 heterocycles. The van der Waals surface area contributed by atoms with Crippen molar-refractivity contribution in [2.24, 2.45) is 0 Å². The molecule has 0 aliphatic carbocycles. The second-order valence-corrected chi connectivity index (χ2v) is 10.2. The summed E-state index contributed by atoms with van der Waals surface area (Å²) in [6.07, 6.45) is 2.76. The molecule has 2 atom stereocenters. The fourth-order valence-electron chi connectivity index (χ4n) is 4.43. The molecule has 0 saturated carbocycles. The van der Waals surface area contributed by atoms with Crippen molar-refractivity contribution in [2.45, 2.75) is 104 Å². The van der Waals surface area contributed by atoms with Gasteiger partial charge >= 0.3 is 11.9 Å². The van der Waals surface area contributed by atoms with Crippen molar-refractivity contribution in [2.75, 3.05) is 0 Å². The van der Waals surface area contributed by atoms with E-state index in [2.05, 4.69) is 13.8 Å². The molecule has 0 saturated heterocycles. The van der Waals surface area contributed by atoms with Crippen LogP contribution in [-0.2, 0) is 19.1 Å². The van der Waals surface area contributed by atoms with Crippen LogP contribution in [0, 0.1) is 0 Å². The molecule has 6 nitrogen and oxygen atoms in total. The molecule has 0 N–H and O–H groups in total. The molecule has 2 unspecified atom stereocenters. The van der Waals surface area contributed by atoms with Crippen LogP contribution in [0.1, 0.15) is 80.1 Å². The van der Waals surface area contributed by atoms with Crippen LogP contribution in [0.5, 0.6) is 11.5 Å². The predicted octanol–water partition coefficient (Wildman–Crippen LogP) is 7.77. The number of carbonyl (C=O) groups excluding carboxylic acids is 2. The van der Waals surface area contributed by atoms with E-state index in [4.69, 9.17) is 18.9 Å². The third-order valence-electron chi connectivity index (χ3n) is 6.22. The molecule has 3 rings (SSSR count). The van der Waals surface area contributed by atoms with Gasteiger partial charge in [-0.2, -0.15) is 0 Å². The fraction of sp³-hybridized carbons (Fsp3) is 0.500. The Labute approximate surface area is 226 Å². The largest absolute Gasteiger partial charge is 0.477 e. The van der Waals surface area contributed by atoms with Gasteiger partial charge < -0.3 is 18.9 Å². The molecule has 3 aromatic carbocycles. The van der Waals surface area contributed by atoms with Crippen molar-refractivity contribution in [3.05, 3.63) is 48.5 Å². The summed E-state index contributed by atoms with van der Waals surface area (Å²) < 4.78 is 24.1. The minimum atomic E-state index is -0.728. The van der Waals surface area contributed by atoms with Crippen LogP contribution in [0.25, 0.3) is 21.5 Å². The van der Waals surface area contributed by atoms with E-state index in [1.54, 1.807) is 0 Å². The highest BCUT2D eigenvalue weighted by Crippen LogP contribution is 2.44. The van der Waals surface area contributed by atoms with Gasteiger partial charge in [0.15, 0.2) is 12.2 Å². The van der Waals surface area contributed by atoms with E-state index in [1.165, 1.54) is 0 Å². The van der Waals surface area contributed by atoms with Crippen LogP contribution < -0.4 is 9.47 Å². The van der Waals surface area contributed by atoms with E-state index in [0.29, 0.717) is 24.3 Å². The lowest BCUT2D eigenvalue weighted by Gasteiger charge is -2.25. The summed E-state index contributed by atoms with van der Waals surface area (Å²) in [5.41, 5.74) is 0. The van der Waals surface area contributed by atoms with Crippen LogP contribution in [-0.4, -0.2) is 36.4 Å². The molecule has 206 valence electrons. The van der Waals surface area contributed by atoms with Gasteiger partial charge in [-0.1, -0.05) is 75.2 Å². The van der Waals surface area contributed by atoms with Crippen LogP contribution >= 0.6 is 0 Å². The average molecular weight is 523 g/mol. The van der Waals surface area contributed by atoms with Crippen LogP contribution in [0.2, 0.25) is 0 Å². The van der Waals surface area contributed by atoms with Crippen molar-refractivity contribution in [3.8, 4) is 11.5 Å². The van der Waals surface area contributed by atoms with Crippen LogP contribution in [0.4, 0.5) is 0 Å². The molecule has 0 aromatic heterocycles. The van der Waals surface area contributed by atoms with Gasteiger partial charge in [-0.25, -0.2) is 9.59 Å². The number of ether oxygens (including phenoxy) is 4. The Kier molecular flexibility index (Phi) is 10.8. The quantitative estimate of drug-likeness (QED) is 0.159. The number of esters is 2. The van der Waals surface area contributed by atoms with E-state index < -0.39 is 12.2 Å². The summed E-state index contributed by atoms with van der Waals surface area (Å²) in [6.45, 7) is 11.5. The minimum absolute atomic E-state index is 0.231. The standard InChI is InChI=1S/C32H42O6/c1-7-9-19-27(31(33)35-21(3)4)37-29-23-15-11-13-17-25(23)30(26-18-14-12-16-24(26)29)38-28(20-10-8-2)32(34)36-22(5)6/h11-18,21-22,27-28H,7-10,19-20H2,1-6H3. The van der Waals surface area contributed by atoms with Crippen molar-refractivity contribution < 1.29 is 28.5 Å². The summed E-state index contributed by atoms with van der Waals surface area (Å²) in [5, 5.41) is 3.25. The first kappa shape index (κ1) is 29.3.